The van der Waals surface area contributed by atoms with Crippen LogP contribution >= 0.6 is 0 Å². The third-order valence-corrected chi connectivity index (χ3v) is 11.1. The van der Waals surface area contributed by atoms with E-state index in [1.807, 2.05) is 42.5 Å². The fourth-order valence-corrected chi connectivity index (χ4v) is 8.84. The molecule has 11 aromatic rings. The van der Waals surface area contributed by atoms with E-state index in [9.17, 15) is 10.5 Å². The molecule has 0 atom stereocenters. The predicted molar refractivity (Wildman–Crippen MR) is 224 cm³/mol. The summed E-state index contributed by atoms with van der Waals surface area (Å²) >= 11 is 0. The molecule has 0 saturated heterocycles. The van der Waals surface area contributed by atoms with E-state index in [1.165, 1.54) is 32.6 Å². The molecule has 0 aliphatic rings. The van der Waals surface area contributed by atoms with E-state index in [4.69, 9.17) is 0 Å². The predicted octanol–water partition coefficient (Wildman–Crippen LogP) is 12.4. The zero-order valence-corrected chi connectivity index (χ0v) is 29.5. The zero-order chi connectivity index (χ0) is 36.6. The first-order valence-electron chi connectivity index (χ1n) is 18.3. The smallest absolute Gasteiger partial charge is 0.0992 e. The number of nitriles is 2. The summed E-state index contributed by atoms with van der Waals surface area (Å²) in [5.74, 6) is 0. The fraction of sp³-hybridized carbons (Fsp3) is 0. The first-order chi connectivity index (χ1) is 27.2. The van der Waals surface area contributed by atoms with Crippen molar-refractivity contribution < 1.29 is 0 Å². The van der Waals surface area contributed by atoms with Gasteiger partial charge in [-0.15, -0.1) is 0 Å². The van der Waals surface area contributed by atoms with Crippen molar-refractivity contribution >= 4 is 65.4 Å². The molecule has 0 aliphatic heterocycles. The molecule has 11 rings (SSSR count). The number of rotatable bonds is 4. The number of aromatic nitrogens is 3. The Morgan fingerprint density at radius 1 is 0.309 bits per heavy atom. The normalized spacial score (nSPS) is 11.6. The monoisotopic (exact) mass is 699 g/mol. The second kappa shape index (κ2) is 11.8. The molecule has 0 aliphatic carbocycles. The van der Waals surface area contributed by atoms with Gasteiger partial charge in [0.05, 0.1) is 73.4 Å². The number of hydrogen-bond acceptors (Lipinski definition) is 2. The van der Waals surface area contributed by atoms with Crippen LogP contribution in [-0.4, -0.2) is 13.7 Å². The summed E-state index contributed by atoms with van der Waals surface area (Å²) in [4.78, 5) is 0. The summed E-state index contributed by atoms with van der Waals surface area (Å²) in [5, 5.41) is 26.8. The topological polar surface area (TPSA) is 62.4 Å². The van der Waals surface area contributed by atoms with Gasteiger partial charge in [-0.1, -0.05) is 103 Å². The standard InChI is InChI=1S/C50H29N5/c51-30-32-25-27-46-40(28-32)37-15-4-9-20-44(37)55(46)49-29-33(31-52)24-26-38(49)36-14-3-8-19-43(36)54-45-21-10-5-16-39(45)50-47(22-11-23-48(50)54)53-41-17-6-1-12-34(41)35-13-2-7-18-42(35)53/h1-29H. The van der Waals surface area contributed by atoms with Crippen molar-refractivity contribution in [2.45, 2.75) is 0 Å². The van der Waals surface area contributed by atoms with Gasteiger partial charge in [-0.05, 0) is 72.8 Å². The van der Waals surface area contributed by atoms with Crippen LogP contribution in [0.1, 0.15) is 11.1 Å². The molecule has 8 aromatic carbocycles. The van der Waals surface area contributed by atoms with Crippen LogP contribution in [-0.2, 0) is 0 Å². The maximum absolute atomic E-state index is 10.2. The van der Waals surface area contributed by atoms with E-state index < -0.39 is 0 Å². The average molecular weight is 700 g/mol. The van der Waals surface area contributed by atoms with Crippen LogP contribution < -0.4 is 0 Å². The van der Waals surface area contributed by atoms with Crippen LogP contribution in [0.2, 0.25) is 0 Å². The molecule has 5 heteroatoms. The van der Waals surface area contributed by atoms with Crippen molar-refractivity contribution in [3.63, 3.8) is 0 Å². The highest BCUT2D eigenvalue weighted by Gasteiger charge is 2.23. The Labute approximate surface area is 316 Å². The van der Waals surface area contributed by atoms with E-state index in [0.717, 1.165) is 61.0 Å². The Morgan fingerprint density at radius 3 is 1.42 bits per heavy atom. The molecule has 0 bridgehead atoms. The Bertz CT molecular complexity index is 3420. The molecule has 0 radical (unpaired) electrons. The van der Waals surface area contributed by atoms with Gasteiger partial charge in [-0.3, -0.25) is 0 Å². The molecule has 0 fully saturated rings. The van der Waals surface area contributed by atoms with Crippen molar-refractivity contribution in [1.29, 1.82) is 10.5 Å². The van der Waals surface area contributed by atoms with Gasteiger partial charge < -0.3 is 13.7 Å². The molecular weight excluding hydrogens is 671 g/mol. The molecule has 254 valence electrons. The number of hydrogen-bond donors (Lipinski definition) is 0. The summed E-state index contributed by atoms with van der Waals surface area (Å²) in [6.07, 6.45) is 0. The zero-order valence-electron chi connectivity index (χ0n) is 29.5. The van der Waals surface area contributed by atoms with Crippen molar-refractivity contribution in [3.05, 3.63) is 187 Å². The maximum atomic E-state index is 10.2. The van der Waals surface area contributed by atoms with Crippen molar-refractivity contribution in [1.82, 2.24) is 13.7 Å². The average Bonchev–Trinajstić information content (AvgIpc) is 3.89. The Morgan fingerprint density at radius 2 is 0.745 bits per heavy atom. The van der Waals surface area contributed by atoms with E-state index in [-0.39, 0.29) is 0 Å². The number of fused-ring (bicyclic) bond motifs is 9. The van der Waals surface area contributed by atoms with Gasteiger partial charge in [0.1, 0.15) is 0 Å². The lowest BCUT2D eigenvalue weighted by atomic mass is 9.99. The minimum absolute atomic E-state index is 0.573. The van der Waals surface area contributed by atoms with Gasteiger partial charge in [0.25, 0.3) is 0 Å². The van der Waals surface area contributed by atoms with E-state index >= 15 is 0 Å². The van der Waals surface area contributed by atoms with Gasteiger partial charge in [-0.25, -0.2) is 0 Å². The third-order valence-electron chi connectivity index (χ3n) is 11.1. The van der Waals surface area contributed by atoms with Gasteiger partial charge >= 0.3 is 0 Å². The Kier molecular flexibility index (Phi) is 6.61. The van der Waals surface area contributed by atoms with Gasteiger partial charge in [0.15, 0.2) is 0 Å². The minimum atomic E-state index is 0.573. The number of nitrogens with zero attached hydrogens (tertiary/aromatic N) is 5. The Hall–Kier alpha value is -7.86. The lowest BCUT2D eigenvalue weighted by Gasteiger charge is -2.19. The summed E-state index contributed by atoms with van der Waals surface area (Å²) in [7, 11) is 0. The summed E-state index contributed by atoms with van der Waals surface area (Å²) in [5.41, 5.74) is 12.8. The largest absolute Gasteiger partial charge is 0.309 e. The third kappa shape index (κ3) is 4.39. The van der Waals surface area contributed by atoms with E-state index in [1.54, 1.807) is 0 Å². The molecule has 0 amide bonds. The molecule has 3 aromatic heterocycles. The summed E-state index contributed by atoms with van der Waals surface area (Å²) in [6, 6.07) is 66.0. The number of benzene rings is 8. The SMILES string of the molecule is N#Cc1ccc(-c2ccccc2-n2c3ccccc3c3c(-n4c5ccccc5c5ccccc54)cccc32)c(-n2c3ccccc3c3cc(C#N)ccc32)c1. The highest BCUT2D eigenvalue weighted by Crippen LogP contribution is 2.43. The molecule has 0 saturated carbocycles. The Balaban J connectivity index is 1.22. The van der Waals surface area contributed by atoms with Gasteiger partial charge in [0, 0.05) is 43.4 Å². The quantitative estimate of drug-likeness (QED) is 0.184. The van der Waals surface area contributed by atoms with Crippen molar-refractivity contribution in [2.24, 2.45) is 0 Å². The van der Waals surface area contributed by atoms with Crippen LogP contribution in [0.3, 0.4) is 0 Å². The molecule has 0 N–H and O–H groups in total. The number of para-hydroxylation sites is 5. The molecule has 0 unspecified atom stereocenters. The highest BCUT2D eigenvalue weighted by molar-refractivity contribution is 6.17. The van der Waals surface area contributed by atoms with Crippen LogP contribution in [0, 0.1) is 22.7 Å². The van der Waals surface area contributed by atoms with Crippen LogP contribution in [0.5, 0.6) is 0 Å². The van der Waals surface area contributed by atoms with Gasteiger partial charge in [0.2, 0.25) is 0 Å². The fourth-order valence-electron chi connectivity index (χ4n) is 8.84. The van der Waals surface area contributed by atoms with Gasteiger partial charge in [-0.2, -0.15) is 10.5 Å². The van der Waals surface area contributed by atoms with Crippen molar-refractivity contribution in [3.8, 4) is 40.3 Å². The minimum Gasteiger partial charge on any atom is -0.309 e. The molecule has 5 nitrogen and oxygen atoms in total. The van der Waals surface area contributed by atoms with Crippen LogP contribution in [0.15, 0.2) is 176 Å². The molecular formula is C50H29N5. The van der Waals surface area contributed by atoms with Crippen molar-refractivity contribution in [2.75, 3.05) is 0 Å². The maximum Gasteiger partial charge on any atom is 0.0992 e. The molecule has 55 heavy (non-hydrogen) atoms. The van der Waals surface area contributed by atoms with E-state index in [2.05, 4.69) is 159 Å². The second-order valence-electron chi connectivity index (χ2n) is 14.0. The first kappa shape index (κ1) is 30.7. The van der Waals surface area contributed by atoms with E-state index in [0.29, 0.717) is 11.1 Å². The lowest BCUT2D eigenvalue weighted by Crippen LogP contribution is -2.02. The summed E-state index contributed by atoms with van der Waals surface area (Å²) < 4.78 is 7.05. The van der Waals surface area contributed by atoms with Crippen LogP contribution in [0.4, 0.5) is 0 Å². The lowest BCUT2D eigenvalue weighted by molar-refractivity contribution is 1.15. The summed E-state index contributed by atoms with van der Waals surface area (Å²) in [6.45, 7) is 0. The molecule has 3 heterocycles. The first-order valence-corrected chi connectivity index (χ1v) is 18.3. The second-order valence-corrected chi connectivity index (χ2v) is 14.0. The highest BCUT2D eigenvalue weighted by atomic mass is 15.0. The van der Waals surface area contributed by atoms with Crippen LogP contribution in [0.25, 0.3) is 93.6 Å². The molecule has 0 spiro atoms.